The number of ketones is 1. The zero-order valence-corrected chi connectivity index (χ0v) is 10.7. The van der Waals surface area contributed by atoms with Crippen LogP contribution in [0.15, 0.2) is 0 Å². The van der Waals surface area contributed by atoms with Crippen LogP contribution in [0, 0.1) is 5.92 Å². The van der Waals surface area contributed by atoms with Crippen LogP contribution in [0.3, 0.4) is 0 Å². The summed E-state index contributed by atoms with van der Waals surface area (Å²) in [6.45, 7) is 9.27. The number of carbonyl (C=O) groups is 1. The summed E-state index contributed by atoms with van der Waals surface area (Å²) in [7, 11) is 0. The van der Waals surface area contributed by atoms with E-state index in [9.17, 15) is 4.79 Å². The topological polar surface area (TPSA) is 57.5 Å². The van der Waals surface area contributed by atoms with Crippen LogP contribution in [0.4, 0.5) is 0 Å². The molecular weight excluding hydrogens is 192 g/mol. The van der Waals surface area contributed by atoms with E-state index in [1.165, 1.54) is 6.92 Å². The van der Waals surface area contributed by atoms with Crippen LogP contribution in [0.25, 0.3) is 0 Å². The molecule has 0 aliphatic carbocycles. The molecule has 0 aromatic carbocycles. The molecule has 0 spiro atoms. The predicted molar refractivity (Wildman–Crippen MR) is 62.8 cm³/mol. The Labute approximate surface area is 93.5 Å². The molecule has 0 unspecified atom stereocenters. The summed E-state index contributed by atoms with van der Waals surface area (Å²) >= 11 is 0. The van der Waals surface area contributed by atoms with E-state index >= 15 is 0 Å². The van der Waals surface area contributed by atoms with Gasteiger partial charge in [0.25, 0.3) is 0 Å². The Balaban J connectivity index is 0. The van der Waals surface area contributed by atoms with Crippen molar-refractivity contribution in [3.8, 4) is 0 Å². The molecule has 2 N–H and O–H groups in total. The minimum atomic E-state index is -0.828. The molecular formula is C12H26O3. The normalized spacial score (nSPS) is 10.9. The molecule has 0 atom stereocenters. The molecule has 0 aliphatic rings. The van der Waals surface area contributed by atoms with E-state index in [1.54, 1.807) is 13.8 Å². The van der Waals surface area contributed by atoms with Gasteiger partial charge in [-0.05, 0) is 26.7 Å². The van der Waals surface area contributed by atoms with Gasteiger partial charge in [0.1, 0.15) is 5.78 Å². The number of rotatable bonds is 5. The summed E-state index contributed by atoms with van der Waals surface area (Å²) in [5, 5.41) is 17.5. The van der Waals surface area contributed by atoms with Gasteiger partial charge in [-0.25, -0.2) is 0 Å². The lowest BCUT2D eigenvalue weighted by atomic mass is 10.0. The first kappa shape index (κ1) is 17.0. The van der Waals surface area contributed by atoms with Crippen molar-refractivity contribution in [3.63, 3.8) is 0 Å². The fourth-order valence-corrected chi connectivity index (χ4v) is 1.16. The summed E-state index contributed by atoms with van der Waals surface area (Å²) < 4.78 is 0. The monoisotopic (exact) mass is 218 g/mol. The second kappa shape index (κ2) is 8.86. The molecule has 0 saturated carbocycles. The van der Waals surface area contributed by atoms with Gasteiger partial charge in [0.15, 0.2) is 0 Å². The van der Waals surface area contributed by atoms with Crippen LogP contribution < -0.4 is 0 Å². The van der Waals surface area contributed by atoms with Gasteiger partial charge < -0.3 is 10.2 Å². The van der Waals surface area contributed by atoms with Gasteiger partial charge in [0.2, 0.25) is 0 Å². The maximum atomic E-state index is 10.3. The van der Waals surface area contributed by atoms with E-state index in [-0.39, 0.29) is 12.2 Å². The highest BCUT2D eigenvalue weighted by atomic mass is 16.3. The minimum Gasteiger partial charge on any atom is -0.396 e. The smallest absolute Gasteiger partial charge is 0.132 e. The van der Waals surface area contributed by atoms with E-state index in [4.69, 9.17) is 10.2 Å². The van der Waals surface area contributed by atoms with Crippen molar-refractivity contribution in [2.75, 3.05) is 6.61 Å². The average Bonchev–Trinajstić information content (AvgIpc) is 2.03. The molecule has 0 fully saturated rings. The fourth-order valence-electron chi connectivity index (χ4n) is 1.16. The summed E-state index contributed by atoms with van der Waals surface area (Å²) in [6.07, 6.45) is 2.45. The van der Waals surface area contributed by atoms with Gasteiger partial charge in [0, 0.05) is 13.0 Å². The van der Waals surface area contributed by atoms with Crippen molar-refractivity contribution < 1.29 is 15.0 Å². The minimum absolute atomic E-state index is 0.0255. The first-order valence-electron chi connectivity index (χ1n) is 5.59. The first-order chi connectivity index (χ1) is 6.76. The van der Waals surface area contributed by atoms with Crippen molar-refractivity contribution in [1.29, 1.82) is 0 Å². The van der Waals surface area contributed by atoms with E-state index in [2.05, 4.69) is 13.8 Å². The summed E-state index contributed by atoms with van der Waals surface area (Å²) in [5.74, 6) is 0.567. The Morgan fingerprint density at radius 3 is 1.67 bits per heavy atom. The number of hydrogen-bond donors (Lipinski definition) is 2. The molecule has 3 heteroatoms. The lowest BCUT2D eigenvalue weighted by Gasteiger charge is -2.13. The van der Waals surface area contributed by atoms with Crippen LogP contribution in [-0.2, 0) is 4.79 Å². The molecule has 0 aromatic heterocycles. The lowest BCUT2D eigenvalue weighted by molar-refractivity contribution is -0.120. The zero-order valence-electron chi connectivity index (χ0n) is 10.7. The third-order valence-corrected chi connectivity index (χ3v) is 2.09. The van der Waals surface area contributed by atoms with E-state index in [0.29, 0.717) is 12.5 Å². The Bertz CT molecular complexity index is 149. The molecule has 92 valence electrons. The van der Waals surface area contributed by atoms with Gasteiger partial charge in [0.05, 0.1) is 5.60 Å². The average molecular weight is 218 g/mol. The summed E-state index contributed by atoms with van der Waals surface area (Å²) in [4.78, 5) is 10.3. The number of carbonyl (C=O) groups excluding carboxylic acids is 1. The van der Waals surface area contributed by atoms with Crippen molar-refractivity contribution in [2.24, 2.45) is 5.92 Å². The third kappa shape index (κ3) is 16.3. The van der Waals surface area contributed by atoms with Crippen molar-refractivity contribution in [3.05, 3.63) is 0 Å². The fraction of sp³-hybridized carbons (Fsp3) is 0.917. The van der Waals surface area contributed by atoms with Crippen LogP contribution in [0.1, 0.15) is 53.9 Å². The predicted octanol–water partition coefficient (Wildman–Crippen LogP) is 2.15. The van der Waals surface area contributed by atoms with Crippen LogP contribution in [0.2, 0.25) is 0 Å². The molecule has 0 rings (SSSR count). The van der Waals surface area contributed by atoms with E-state index in [0.717, 1.165) is 12.8 Å². The SMILES string of the molecule is CC(=O)CC(C)(C)O.CCC(CC)CO. The molecule has 0 aromatic rings. The number of hydrogen-bond acceptors (Lipinski definition) is 3. The Morgan fingerprint density at radius 1 is 1.27 bits per heavy atom. The molecule has 0 radical (unpaired) electrons. The largest absolute Gasteiger partial charge is 0.396 e. The third-order valence-electron chi connectivity index (χ3n) is 2.09. The van der Waals surface area contributed by atoms with Crippen LogP contribution in [-0.4, -0.2) is 28.2 Å². The van der Waals surface area contributed by atoms with Crippen molar-refractivity contribution in [1.82, 2.24) is 0 Å². The van der Waals surface area contributed by atoms with Crippen LogP contribution >= 0.6 is 0 Å². The molecule has 3 nitrogen and oxygen atoms in total. The Morgan fingerprint density at radius 2 is 1.67 bits per heavy atom. The molecule has 0 heterocycles. The van der Waals surface area contributed by atoms with Gasteiger partial charge >= 0.3 is 0 Å². The van der Waals surface area contributed by atoms with E-state index in [1.807, 2.05) is 0 Å². The molecule has 0 amide bonds. The quantitative estimate of drug-likeness (QED) is 0.743. The number of aliphatic hydroxyl groups excluding tert-OH is 1. The lowest BCUT2D eigenvalue weighted by Crippen LogP contribution is -2.21. The van der Waals surface area contributed by atoms with Crippen molar-refractivity contribution in [2.45, 2.75) is 59.5 Å². The number of Topliss-reactive ketones (excluding diaryl/α,β-unsaturated/α-hetero) is 1. The summed E-state index contributed by atoms with van der Waals surface area (Å²) in [6, 6.07) is 0. The number of aliphatic hydroxyl groups is 2. The maximum Gasteiger partial charge on any atom is 0.132 e. The Kier molecular flexibility index (Phi) is 10.0. The van der Waals surface area contributed by atoms with E-state index < -0.39 is 5.60 Å². The Hall–Kier alpha value is -0.410. The highest BCUT2D eigenvalue weighted by Crippen LogP contribution is 2.06. The molecule has 0 saturated heterocycles. The highest BCUT2D eigenvalue weighted by molar-refractivity contribution is 5.76. The maximum absolute atomic E-state index is 10.3. The highest BCUT2D eigenvalue weighted by Gasteiger charge is 2.13. The standard InChI is InChI=1S/C6H12O2.C6H14O/c1-5(7)4-6(2,3)8;1-3-6(4-2)5-7/h8H,4H2,1-3H3;6-7H,3-5H2,1-2H3. The first-order valence-corrected chi connectivity index (χ1v) is 5.59. The zero-order chi connectivity index (χ0) is 12.5. The molecule has 15 heavy (non-hydrogen) atoms. The summed E-state index contributed by atoms with van der Waals surface area (Å²) in [5.41, 5.74) is -0.828. The van der Waals surface area contributed by atoms with Crippen LogP contribution in [0.5, 0.6) is 0 Å². The molecule has 0 bridgehead atoms. The van der Waals surface area contributed by atoms with Gasteiger partial charge in [-0.3, -0.25) is 4.79 Å². The van der Waals surface area contributed by atoms with Crippen molar-refractivity contribution >= 4 is 5.78 Å². The second-order valence-corrected chi connectivity index (χ2v) is 4.56. The van der Waals surface area contributed by atoms with Gasteiger partial charge in [-0.1, -0.05) is 26.7 Å². The second-order valence-electron chi connectivity index (χ2n) is 4.56. The van der Waals surface area contributed by atoms with Gasteiger partial charge in [-0.2, -0.15) is 0 Å². The van der Waals surface area contributed by atoms with Gasteiger partial charge in [-0.15, -0.1) is 0 Å². The molecule has 0 aliphatic heterocycles.